The van der Waals surface area contributed by atoms with Gasteiger partial charge in [0.1, 0.15) is 18.2 Å². The molecule has 1 heterocycles. The maximum absolute atomic E-state index is 14.4. The summed E-state index contributed by atoms with van der Waals surface area (Å²) in [7, 11) is 0. The third kappa shape index (κ3) is 4.49. The average molecular weight is 430 g/mol. The van der Waals surface area contributed by atoms with Crippen molar-refractivity contribution in [3.63, 3.8) is 0 Å². The van der Waals surface area contributed by atoms with Crippen LogP contribution in [0.15, 0.2) is 27.8 Å². The number of halogens is 2. The number of benzene rings is 1. The van der Waals surface area contributed by atoms with E-state index in [0.29, 0.717) is 47.8 Å². The monoisotopic (exact) mass is 429 g/mol. The number of carbonyl (C=O) groups is 2. The Kier molecular flexibility index (Phi) is 7.31. The van der Waals surface area contributed by atoms with Gasteiger partial charge in [-0.1, -0.05) is 0 Å². The van der Waals surface area contributed by atoms with Crippen molar-refractivity contribution < 1.29 is 28.2 Å². The molecule has 1 aromatic rings. The Morgan fingerprint density at radius 1 is 1.00 bits per heavy atom. The molecule has 1 aliphatic heterocycles. The largest absolute Gasteiger partial charge is 0.490 e. The zero-order valence-corrected chi connectivity index (χ0v) is 16.5. The molecule has 26 heavy (non-hydrogen) atoms. The first kappa shape index (κ1) is 20.5. The molecule has 2 rings (SSSR count). The summed E-state index contributed by atoms with van der Waals surface area (Å²) in [6.45, 7) is 7.14. The van der Waals surface area contributed by atoms with Crippen LogP contribution in [0.2, 0.25) is 0 Å². The first-order valence-corrected chi connectivity index (χ1v) is 9.01. The first-order valence-electron chi connectivity index (χ1n) is 8.22. The summed E-state index contributed by atoms with van der Waals surface area (Å²) in [5.41, 5.74) is 0.483. The van der Waals surface area contributed by atoms with Crippen molar-refractivity contribution in [2.75, 3.05) is 37.9 Å². The molecule has 142 valence electrons. The van der Waals surface area contributed by atoms with Gasteiger partial charge in [0.2, 0.25) is 0 Å². The smallest absolute Gasteiger partial charge is 0.261 e. The van der Waals surface area contributed by atoms with Crippen molar-refractivity contribution in [2.45, 2.75) is 20.8 Å². The lowest BCUT2D eigenvalue weighted by atomic mass is 10.2. The molecule has 6 nitrogen and oxygen atoms in total. The van der Waals surface area contributed by atoms with Gasteiger partial charge in [0, 0.05) is 23.8 Å². The molecule has 8 heteroatoms. The van der Waals surface area contributed by atoms with Crippen molar-refractivity contribution in [1.29, 1.82) is 0 Å². The van der Waals surface area contributed by atoms with Gasteiger partial charge in [-0.25, -0.2) is 9.29 Å². The predicted octanol–water partition coefficient (Wildman–Crippen LogP) is 3.23. The first-order chi connectivity index (χ1) is 12.4. The van der Waals surface area contributed by atoms with Gasteiger partial charge in [-0.3, -0.25) is 9.59 Å². The van der Waals surface area contributed by atoms with Gasteiger partial charge in [0.25, 0.3) is 11.8 Å². The Labute approximate surface area is 160 Å². The van der Waals surface area contributed by atoms with Crippen LogP contribution in [0.25, 0.3) is 0 Å². The Balaban J connectivity index is 2.06. The Morgan fingerprint density at radius 2 is 1.58 bits per heavy atom. The summed E-state index contributed by atoms with van der Waals surface area (Å²) in [5, 5.41) is 0. The van der Waals surface area contributed by atoms with Crippen LogP contribution in [0, 0.1) is 5.82 Å². The maximum Gasteiger partial charge on any atom is 0.261 e. The van der Waals surface area contributed by atoms with Crippen LogP contribution in [0.4, 0.5) is 10.1 Å². The van der Waals surface area contributed by atoms with E-state index in [-0.39, 0.29) is 12.3 Å². The molecule has 0 N–H and O–H groups in total. The molecule has 1 aromatic carbocycles. The highest BCUT2D eigenvalue weighted by molar-refractivity contribution is 9.10. The van der Waals surface area contributed by atoms with Crippen LogP contribution in [0.5, 0.6) is 5.75 Å². The third-order valence-corrected chi connectivity index (χ3v) is 4.53. The molecule has 2 amide bonds. The second-order valence-electron chi connectivity index (χ2n) is 5.59. The van der Waals surface area contributed by atoms with Crippen LogP contribution >= 0.6 is 15.9 Å². The van der Waals surface area contributed by atoms with Crippen LogP contribution < -0.4 is 9.64 Å². The molecular weight excluding hydrogens is 409 g/mol. The van der Waals surface area contributed by atoms with Gasteiger partial charge in [0.15, 0.2) is 0 Å². The lowest BCUT2D eigenvalue weighted by Crippen LogP contribution is -2.32. The molecule has 0 aromatic heterocycles. The number of ether oxygens (including phenoxy) is 3. The SMILES string of the molecule is CCOCCOCCOc1cc(N2C(=O)C(C)=C(C)C2=O)c(F)cc1Br. The van der Waals surface area contributed by atoms with Crippen LogP contribution in [0.3, 0.4) is 0 Å². The molecule has 0 radical (unpaired) electrons. The molecule has 0 saturated heterocycles. The summed E-state index contributed by atoms with van der Waals surface area (Å²) in [6.07, 6.45) is 0. The number of imide groups is 1. The van der Waals surface area contributed by atoms with Gasteiger partial charge < -0.3 is 14.2 Å². The Hall–Kier alpha value is -1.77. The molecule has 0 saturated carbocycles. The number of carbonyl (C=O) groups excluding carboxylic acids is 2. The Bertz CT molecular complexity index is 711. The number of rotatable bonds is 9. The minimum Gasteiger partial charge on any atom is -0.490 e. The lowest BCUT2D eigenvalue weighted by molar-refractivity contribution is -0.120. The van der Waals surface area contributed by atoms with Gasteiger partial charge in [-0.05, 0) is 42.8 Å². The quantitative estimate of drug-likeness (QED) is 0.445. The fraction of sp³-hybridized carbons (Fsp3) is 0.444. The van der Waals surface area contributed by atoms with Crippen LogP contribution in [-0.2, 0) is 19.1 Å². The predicted molar refractivity (Wildman–Crippen MR) is 97.8 cm³/mol. The molecule has 0 spiro atoms. The molecule has 1 aliphatic rings. The standard InChI is InChI=1S/C18H21BrFNO5/c1-4-24-5-6-25-7-8-26-16-10-15(14(20)9-13(16)19)21-17(22)11(2)12(3)18(21)23/h9-10H,4-8H2,1-3H3. The van der Waals surface area contributed by atoms with E-state index >= 15 is 0 Å². The third-order valence-electron chi connectivity index (χ3n) is 3.91. The van der Waals surface area contributed by atoms with E-state index in [1.54, 1.807) is 13.8 Å². The molecular formula is C18H21BrFNO5. The van der Waals surface area contributed by atoms with Gasteiger partial charge in [-0.15, -0.1) is 0 Å². The van der Waals surface area contributed by atoms with E-state index < -0.39 is 17.6 Å². The van der Waals surface area contributed by atoms with Crippen molar-refractivity contribution in [3.05, 3.63) is 33.6 Å². The summed E-state index contributed by atoms with van der Waals surface area (Å²) in [4.78, 5) is 25.3. The number of anilines is 1. The minimum absolute atomic E-state index is 0.133. The fourth-order valence-corrected chi connectivity index (χ4v) is 2.77. The van der Waals surface area contributed by atoms with E-state index in [0.717, 1.165) is 4.90 Å². The van der Waals surface area contributed by atoms with Crippen molar-refractivity contribution >= 4 is 33.4 Å². The van der Waals surface area contributed by atoms with E-state index in [4.69, 9.17) is 14.2 Å². The number of hydrogen-bond donors (Lipinski definition) is 0. The van der Waals surface area contributed by atoms with E-state index in [9.17, 15) is 14.0 Å². The normalized spacial score (nSPS) is 14.6. The number of amides is 2. The van der Waals surface area contributed by atoms with Crippen molar-refractivity contribution in [2.24, 2.45) is 0 Å². The topological polar surface area (TPSA) is 65.1 Å². The summed E-state index contributed by atoms with van der Waals surface area (Å²) in [6, 6.07) is 2.51. The minimum atomic E-state index is -0.693. The summed E-state index contributed by atoms with van der Waals surface area (Å²) < 4.78 is 30.8. The van der Waals surface area contributed by atoms with Gasteiger partial charge in [0.05, 0.1) is 30.0 Å². The lowest BCUT2D eigenvalue weighted by Gasteiger charge is -2.18. The van der Waals surface area contributed by atoms with Crippen molar-refractivity contribution in [1.82, 2.24) is 0 Å². The van der Waals surface area contributed by atoms with E-state index in [1.807, 2.05) is 6.92 Å². The number of nitrogens with zero attached hydrogens (tertiary/aromatic N) is 1. The average Bonchev–Trinajstić information content (AvgIpc) is 2.79. The van der Waals surface area contributed by atoms with Gasteiger partial charge in [-0.2, -0.15) is 0 Å². The highest BCUT2D eigenvalue weighted by atomic mass is 79.9. The second kappa shape index (κ2) is 9.25. The molecule has 0 fully saturated rings. The summed E-state index contributed by atoms with van der Waals surface area (Å²) >= 11 is 3.22. The van der Waals surface area contributed by atoms with Crippen molar-refractivity contribution in [3.8, 4) is 5.75 Å². The van der Waals surface area contributed by atoms with E-state index in [1.165, 1.54) is 12.1 Å². The summed E-state index contributed by atoms with van der Waals surface area (Å²) in [5.74, 6) is -1.43. The second-order valence-corrected chi connectivity index (χ2v) is 6.44. The molecule has 0 aliphatic carbocycles. The zero-order valence-electron chi connectivity index (χ0n) is 14.9. The molecule has 0 atom stereocenters. The van der Waals surface area contributed by atoms with E-state index in [2.05, 4.69) is 15.9 Å². The number of hydrogen-bond acceptors (Lipinski definition) is 5. The Morgan fingerprint density at radius 3 is 2.19 bits per heavy atom. The highest BCUT2D eigenvalue weighted by Gasteiger charge is 2.36. The highest BCUT2D eigenvalue weighted by Crippen LogP contribution is 2.36. The molecule has 0 bridgehead atoms. The molecule has 0 unspecified atom stereocenters. The van der Waals surface area contributed by atoms with Crippen LogP contribution in [-0.4, -0.2) is 44.8 Å². The van der Waals surface area contributed by atoms with Crippen LogP contribution in [0.1, 0.15) is 20.8 Å². The van der Waals surface area contributed by atoms with Gasteiger partial charge >= 0.3 is 0 Å². The maximum atomic E-state index is 14.4. The zero-order chi connectivity index (χ0) is 19.3. The fourth-order valence-electron chi connectivity index (χ4n) is 2.34.